The van der Waals surface area contributed by atoms with Gasteiger partial charge in [0.05, 0.1) is 11.7 Å². The van der Waals surface area contributed by atoms with Gasteiger partial charge >= 0.3 is 0 Å². The van der Waals surface area contributed by atoms with E-state index in [9.17, 15) is 18.0 Å². The molecule has 2 aromatic rings. The van der Waals surface area contributed by atoms with Gasteiger partial charge in [-0.15, -0.1) is 0 Å². The van der Waals surface area contributed by atoms with E-state index < -0.39 is 16.1 Å². The van der Waals surface area contributed by atoms with Crippen molar-refractivity contribution in [2.45, 2.75) is 63.3 Å². The summed E-state index contributed by atoms with van der Waals surface area (Å²) in [6.07, 6.45) is 5.17. The summed E-state index contributed by atoms with van der Waals surface area (Å²) in [6.45, 7) is 5.14. The van der Waals surface area contributed by atoms with Crippen LogP contribution in [-0.4, -0.2) is 44.2 Å². The minimum absolute atomic E-state index is 0.0765. The Morgan fingerprint density at radius 3 is 2.71 bits per heavy atom. The van der Waals surface area contributed by atoms with Crippen LogP contribution in [0.25, 0.3) is 0 Å². The molecule has 9 nitrogen and oxygen atoms in total. The van der Waals surface area contributed by atoms with Gasteiger partial charge in [0.25, 0.3) is 0 Å². The summed E-state index contributed by atoms with van der Waals surface area (Å²) in [5, 5.41) is 6.01. The molecule has 1 aromatic heterocycles. The highest BCUT2D eigenvalue weighted by molar-refractivity contribution is 14.1. The topological polar surface area (TPSA) is 143 Å². The van der Waals surface area contributed by atoms with Crippen molar-refractivity contribution in [3.05, 3.63) is 44.1 Å². The summed E-state index contributed by atoms with van der Waals surface area (Å²) in [5.74, 6) is -0.0539. The Morgan fingerprint density at radius 2 is 2.05 bits per heavy atom. The van der Waals surface area contributed by atoms with Crippen LogP contribution in [-0.2, 0) is 26.0 Å². The van der Waals surface area contributed by atoms with E-state index in [1.807, 2.05) is 28.7 Å². The number of aryl methyl sites for hydroxylation is 1. The van der Waals surface area contributed by atoms with Gasteiger partial charge in [0.2, 0.25) is 15.9 Å². The molecule has 5 N–H and O–H groups in total. The Bertz CT molecular complexity index is 1240. The maximum Gasteiger partial charge on any atom is 0.243 e. The molecule has 2 unspecified atom stereocenters. The highest BCUT2D eigenvalue weighted by Gasteiger charge is 2.36. The standard InChI is InChI=1S/C26H35BrIN5O4S/c1-3-17-10-11-30-15-19(17)26(35)21(7-5-6-16-8-9-23(29)31-14-16)33-38(36,37)22-13-18(27)12-20(28)25(22)32-24(34)4-2/h8-9,12-14,17,19,21,30,33H,3-7,10-11,15H2,1-2H3,(H2,29,31)(H,32,34)/t17?,19?,21-/m0/s1. The van der Waals surface area contributed by atoms with Crippen LogP contribution in [0.2, 0.25) is 0 Å². The van der Waals surface area contributed by atoms with Crippen molar-refractivity contribution in [1.82, 2.24) is 15.0 Å². The van der Waals surface area contributed by atoms with E-state index in [1.165, 1.54) is 6.07 Å². The zero-order valence-corrected chi connectivity index (χ0v) is 26.2. The van der Waals surface area contributed by atoms with Crippen molar-refractivity contribution in [1.29, 1.82) is 0 Å². The fourth-order valence-electron chi connectivity index (χ4n) is 4.71. The zero-order valence-electron chi connectivity index (χ0n) is 21.6. The van der Waals surface area contributed by atoms with Gasteiger partial charge in [0.1, 0.15) is 10.7 Å². The Labute approximate surface area is 246 Å². The third kappa shape index (κ3) is 8.20. The fourth-order valence-corrected chi connectivity index (χ4v) is 8.14. The molecule has 1 aliphatic heterocycles. The predicted molar refractivity (Wildman–Crippen MR) is 161 cm³/mol. The molecular formula is C26H35BrIN5O4S. The first-order valence-corrected chi connectivity index (χ1v) is 16.2. The van der Waals surface area contributed by atoms with Gasteiger partial charge in [-0.1, -0.05) is 42.3 Å². The normalized spacial score (nSPS) is 18.6. The number of hydrogen-bond donors (Lipinski definition) is 4. The van der Waals surface area contributed by atoms with E-state index in [-0.39, 0.29) is 40.5 Å². The Morgan fingerprint density at radius 1 is 1.29 bits per heavy atom. The Hall–Kier alpha value is -1.61. The number of Topliss-reactive ketones (excluding diaryl/α,β-unsaturated/α-hetero) is 1. The number of sulfonamides is 1. The number of amides is 1. The van der Waals surface area contributed by atoms with Gasteiger partial charge in [-0.3, -0.25) is 9.59 Å². The first-order chi connectivity index (χ1) is 18.1. The molecule has 0 spiro atoms. The number of benzene rings is 1. The number of halogens is 2. The average Bonchev–Trinajstić information content (AvgIpc) is 2.89. The number of hydrogen-bond acceptors (Lipinski definition) is 7. The third-order valence-corrected chi connectivity index (χ3v) is 9.66. The maximum absolute atomic E-state index is 13.8. The second-order valence-corrected chi connectivity index (χ2v) is 13.3. The smallest absolute Gasteiger partial charge is 0.243 e. The van der Waals surface area contributed by atoms with Crippen LogP contribution in [0.15, 0.2) is 39.8 Å². The Balaban J connectivity index is 1.91. The highest BCUT2D eigenvalue weighted by Crippen LogP contribution is 2.32. The molecule has 3 rings (SSSR count). The van der Waals surface area contributed by atoms with Crippen LogP contribution in [0.3, 0.4) is 0 Å². The number of nitrogen functional groups attached to an aromatic ring is 1. The van der Waals surface area contributed by atoms with Crippen molar-refractivity contribution in [3.63, 3.8) is 0 Å². The number of nitrogens with zero attached hydrogens (tertiary/aromatic N) is 1. The lowest BCUT2D eigenvalue weighted by atomic mass is 9.79. The molecule has 38 heavy (non-hydrogen) atoms. The molecule has 3 atom stereocenters. The lowest BCUT2D eigenvalue weighted by Gasteiger charge is -2.33. The number of pyridine rings is 1. The average molecular weight is 720 g/mol. The van der Waals surface area contributed by atoms with Crippen molar-refractivity contribution in [2.75, 3.05) is 24.1 Å². The van der Waals surface area contributed by atoms with Crippen LogP contribution in [0.1, 0.15) is 51.5 Å². The van der Waals surface area contributed by atoms with Gasteiger partial charge in [-0.05, 0) is 84.5 Å². The van der Waals surface area contributed by atoms with E-state index >= 15 is 0 Å². The van der Waals surface area contributed by atoms with Crippen molar-refractivity contribution in [3.8, 4) is 0 Å². The number of rotatable bonds is 12. The molecule has 2 heterocycles. The molecule has 1 amide bonds. The highest BCUT2D eigenvalue weighted by atomic mass is 127. The van der Waals surface area contributed by atoms with Crippen molar-refractivity contribution >= 4 is 71.7 Å². The Kier molecular flexibility index (Phi) is 11.5. The SMILES string of the molecule is CCC(=O)Nc1c(I)cc(Br)cc1S(=O)(=O)N[C@@H](CCCc1ccc(N)nc1)C(=O)C1CNCCC1CC. The largest absolute Gasteiger partial charge is 0.384 e. The van der Waals surface area contributed by atoms with E-state index in [0.29, 0.717) is 39.7 Å². The molecule has 0 aliphatic carbocycles. The summed E-state index contributed by atoms with van der Waals surface area (Å²) in [6, 6.07) is 5.88. The van der Waals surface area contributed by atoms with Crippen LogP contribution >= 0.6 is 38.5 Å². The second kappa shape index (κ2) is 14.1. The number of carbonyl (C=O) groups is 2. The monoisotopic (exact) mass is 719 g/mol. The molecule has 0 saturated carbocycles. The predicted octanol–water partition coefficient (Wildman–Crippen LogP) is 4.25. The van der Waals surface area contributed by atoms with Crippen LogP contribution < -0.4 is 21.1 Å². The van der Waals surface area contributed by atoms with E-state index in [0.717, 1.165) is 24.9 Å². The van der Waals surface area contributed by atoms with Crippen molar-refractivity contribution < 1.29 is 18.0 Å². The summed E-state index contributed by atoms with van der Waals surface area (Å²) in [7, 11) is -4.17. The maximum atomic E-state index is 13.8. The van der Waals surface area contributed by atoms with Crippen LogP contribution in [0, 0.1) is 15.4 Å². The molecule has 208 valence electrons. The lowest BCUT2D eigenvalue weighted by Crippen LogP contribution is -2.50. The van der Waals surface area contributed by atoms with Gasteiger partial charge < -0.3 is 16.4 Å². The van der Waals surface area contributed by atoms with Gasteiger partial charge in [-0.25, -0.2) is 18.1 Å². The number of ketones is 1. The number of aromatic nitrogens is 1. The second-order valence-electron chi connectivity index (χ2n) is 9.49. The zero-order chi connectivity index (χ0) is 27.9. The molecule has 1 aliphatic rings. The number of nitrogens with two attached hydrogens (primary N) is 1. The van der Waals surface area contributed by atoms with Gasteiger partial charge in [-0.2, -0.15) is 0 Å². The minimum Gasteiger partial charge on any atom is -0.384 e. The molecular weight excluding hydrogens is 685 g/mol. The quantitative estimate of drug-likeness (QED) is 0.240. The number of piperidine rings is 1. The van der Waals surface area contributed by atoms with Crippen LogP contribution in [0.4, 0.5) is 11.5 Å². The summed E-state index contributed by atoms with van der Waals surface area (Å²) in [4.78, 5) is 30.1. The first-order valence-electron chi connectivity index (χ1n) is 12.8. The number of nitrogens with one attached hydrogen (secondary N) is 3. The molecule has 1 saturated heterocycles. The van der Waals surface area contributed by atoms with E-state index in [2.05, 4.69) is 43.2 Å². The minimum atomic E-state index is -4.17. The number of carbonyl (C=O) groups excluding carboxylic acids is 2. The molecule has 0 radical (unpaired) electrons. The molecule has 1 fully saturated rings. The van der Waals surface area contributed by atoms with Crippen molar-refractivity contribution in [2.24, 2.45) is 11.8 Å². The van der Waals surface area contributed by atoms with Crippen LogP contribution in [0.5, 0.6) is 0 Å². The molecule has 1 aromatic carbocycles. The third-order valence-electron chi connectivity index (χ3n) is 6.86. The molecule has 12 heteroatoms. The summed E-state index contributed by atoms with van der Waals surface area (Å²) >= 11 is 5.37. The first kappa shape index (κ1) is 30.9. The van der Waals surface area contributed by atoms with E-state index in [1.54, 1.807) is 25.3 Å². The summed E-state index contributed by atoms with van der Waals surface area (Å²) in [5.41, 5.74) is 6.85. The van der Waals surface area contributed by atoms with Gasteiger partial charge in [0, 0.05) is 33.1 Å². The van der Waals surface area contributed by atoms with Gasteiger partial charge in [0.15, 0.2) is 5.78 Å². The number of anilines is 2. The van der Waals surface area contributed by atoms with E-state index in [4.69, 9.17) is 5.73 Å². The fraction of sp³-hybridized carbons (Fsp3) is 0.500. The molecule has 0 bridgehead atoms. The summed E-state index contributed by atoms with van der Waals surface area (Å²) < 4.78 is 31.4. The lowest BCUT2D eigenvalue weighted by molar-refractivity contribution is -0.127.